The fourth-order valence-corrected chi connectivity index (χ4v) is 2.70. The molecule has 2 heterocycles. The molecule has 1 fully saturated rings. The van der Waals surface area contributed by atoms with Crippen molar-refractivity contribution < 1.29 is 9.90 Å². The van der Waals surface area contributed by atoms with E-state index in [0.717, 1.165) is 32.6 Å². The minimum Gasteiger partial charge on any atom is -0.477 e. The average Bonchev–Trinajstić information content (AvgIpc) is 2.89. The van der Waals surface area contributed by atoms with Gasteiger partial charge in [0, 0.05) is 25.3 Å². The van der Waals surface area contributed by atoms with Crippen molar-refractivity contribution in [3.63, 3.8) is 0 Å². The topological polar surface area (TPSA) is 69.6 Å². The van der Waals surface area contributed by atoms with Gasteiger partial charge in [0.15, 0.2) is 0 Å². The fraction of sp³-hybridized carbons (Fsp3) is 0.615. The molecule has 0 spiro atoms. The van der Waals surface area contributed by atoms with Gasteiger partial charge in [-0.15, -0.1) is 0 Å². The first kappa shape index (κ1) is 13.7. The summed E-state index contributed by atoms with van der Waals surface area (Å²) < 4.78 is 0. The van der Waals surface area contributed by atoms with Crippen LogP contribution < -0.4 is 4.90 Å². The van der Waals surface area contributed by atoms with E-state index in [1.165, 1.54) is 12.5 Å². The van der Waals surface area contributed by atoms with Crippen LogP contribution in [-0.2, 0) is 0 Å². The molecule has 0 saturated carbocycles. The molecule has 0 unspecified atom stereocenters. The van der Waals surface area contributed by atoms with Crippen LogP contribution in [0.1, 0.15) is 30.6 Å². The van der Waals surface area contributed by atoms with Crippen LogP contribution in [-0.4, -0.2) is 58.2 Å². The normalized spacial score (nSPS) is 19.1. The molecule has 2 rings (SSSR count). The van der Waals surface area contributed by atoms with E-state index < -0.39 is 5.97 Å². The van der Waals surface area contributed by atoms with Crippen molar-refractivity contribution in [2.45, 2.75) is 26.3 Å². The third kappa shape index (κ3) is 2.84. The number of carboxylic acid groups (broad SMARTS) is 1. The van der Waals surface area contributed by atoms with Gasteiger partial charge in [0.2, 0.25) is 0 Å². The highest BCUT2D eigenvalue weighted by molar-refractivity contribution is 5.92. The van der Waals surface area contributed by atoms with Crippen molar-refractivity contribution in [2.75, 3.05) is 31.1 Å². The lowest BCUT2D eigenvalue weighted by molar-refractivity contribution is 0.0696. The second-order valence-electron chi connectivity index (χ2n) is 4.67. The molecule has 1 atom stereocenters. The number of hydrogen-bond donors (Lipinski definition) is 1. The Labute approximate surface area is 113 Å². The van der Waals surface area contributed by atoms with Crippen LogP contribution in [0.3, 0.4) is 0 Å². The van der Waals surface area contributed by atoms with Crippen molar-refractivity contribution in [1.82, 2.24) is 14.9 Å². The Morgan fingerprint density at radius 2 is 2.26 bits per heavy atom. The molecule has 0 aromatic carbocycles. The smallest absolute Gasteiger partial charge is 0.341 e. The standard InChI is InChI=1S/C13H20N4O2/c1-3-16(4-2)10-5-6-17(8-10)12-11(13(18)19)7-14-9-15-12/h7,9-10H,3-6,8H2,1-2H3,(H,18,19)/t10-/m1/s1. The van der Waals surface area contributed by atoms with Crippen LogP contribution in [0.25, 0.3) is 0 Å². The Hall–Kier alpha value is -1.69. The maximum absolute atomic E-state index is 11.2. The number of rotatable bonds is 5. The number of aromatic carboxylic acids is 1. The summed E-state index contributed by atoms with van der Waals surface area (Å²) in [5.74, 6) is -0.431. The lowest BCUT2D eigenvalue weighted by Gasteiger charge is -2.26. The highest BCUT2D eigenvalue weighted by Crippen LogP contribution is 2.23. The summed E-state index contributed by atoms with van der Waals surface area (Å²) >= 11 is 0. The number of nitrogens with zero attached hydrogens (tertiary/aromatic N) is 4. The second-order valence-corrected chi connectivity index (χ2v) is 4.67. The van der Waals surface area contributed by atoms with Crippen molar-refractivity contribution in [1.29, 1.82) is 0 Å². The van der Waals surface area contributed by atoms with Gasteiger partial charge in [-0.2, -0.15) is 0 Å². The molecular formula is C13H20N4O2. The first-order chi connectivity index (χ1) is 9.17. The number of likely N-dealkylation sites (N-methyl/N-ethyl adjacent to an activating group) is 1. The molecule has 1 N–H and O–H groups in total. The van der Waals surface area contributed by atoms with E-state index in [9.17, 15) is 9.90 Å². The number of carboxylic acids is 1. The highest BCUT2D eigenvalue weighted by Gasteiger charge is 2.29. The van der Waals surface area contributed by atoms with Crippen LogP contribution in [0.2, 0.25) is 0 Å². The van der Waals surface area contributed by atoms with Crippen LogP contribution in [0.5, 0.6) is 0 Å². The molecule has 1 saturated heterocycles. The summed E-state index contributed by atoms with van der Waals surface area (Å²) in [6.45, 7) is 8.02. The highest BCUT2D eigenvalue weighted by atomic mass is 16.4. The summed E-state index contributed by atoms with van der Waals surface area (Å²) in [6.07, 6.45) is 3.83. The van der Waals surface area contributed by atoms with Crippen molar-refractivity contribution in [3.05, 3.63) is 18.1 Å². The minimum absolute atomic E-state index is 0.183. The molecule has 0 aliphatic carbocycles. The molecule has 0 radical (unpaired) electrons. The summed E-state index contributed by atoms with van der Waals surface area (Å²) in [7, 11) is 0. The van der Waals surface area contributed by atoms with Gasteiger partial charge in [-0.1, -0.05) is 13.8 Å². The summed E-state index contributed by atoms with van der Waals surface area (Å²) in [4.78, 5) is 23.6. The maximum Gasteiger partial charge on any atom is 0.341 e. The third-order valence-corrected chi connectivity index (χ3v) is 3.71. The van der Waals surface area contributed by atoms with E-state index in [4.69, 9.17) is 0 Å². The molecule has 1 aliphatic rings. The van der Waals surface area contributed by atoms with E-state index in [-0.39, 0.29) is 5.56 Å². The average molecular weight is 264 g/mol. The van der Waals surface area contributed by atoms with E-state index in [0.29, 0.717) is 11.9 Å². The van der Waals surface area contributed by atoms with Gasteiger partial charge >= 0.3 is 5.97 Å². The van der Waals surface area contributed by atoms with Gasteiger partial charge < -0.3 is 10.0 Å². The molecular weight excluding hydrogens is 244 g/mol. The van der Waals surface area contributed by atoms with E-state index in [1.54, 1.807) is 0 Å². The number of aromatic nitrogens is 2. The van der Waals surface area contributed by atoms with Crippen LogP contribution in [0, 0.1) is 0 Å². The summed E-state index contributed by atoms with van der Waals surface area (Å²) in [6, 6.07) is 0.478. The molecule has 104 valence electrons. The first-order valence-electron chi connectivity index (χ1n) is 6.69. The van der Waals surface area contributed by atoms with E-state index in [2.05, 4.69) is 28.7 Å². The van der Waals surface area contributed by atoms with Crippen molar-refractivity contribution in [2.24, 2.45) is 0 Å². The first-order valence-corrected chi connectivity index (χ1v) is 6.69. The maximum atomic E-state index is 11.2. The molecule has 19 heavy (non-hydrogen) atoms. The van der Waals surface area contributed by atoms with E-state index in [1.807, 2.05) is 4.90 Å². The van der Waals surface area contributed by atoms with Gasteiger partial charge in [0.05, 0.1) is 0 Å². The lowest BCUT2D eigenvalue weighted by atomic mass is 10.2. The Balaban J connectivity index is 2.15. The summed E-state index contributed by atoms with van der Waals surface area (Å²) in [5, 5.41) is 9.18. The number of hydrogen-bond acceptors (Lipinski definition) is 5. The van der Waals surface area contributed by atoms with Crippen molar-refractivity contribution >= 4 is 11.8 Å². The zero-order chi connectivity index (χ0) is 13.8. The largest absolute Gasteiger partial charge is 0.477 e. The second kappa shape index (κ2) is 5.97. The zero-order valence-corrected chi connectivity index (χ0v) is 11.4. The fourth-order valence-electron chi connectivity index (χ4n) is 2.70. The van der Waals surface area contributed by atoms with Gasteiger partial charge in [-0.25, -0.2) is 14.8 Å². The van der Waals surface area contributed by atoms with Crippen LogP contribution in [0.4, 0.5) is 5.82 Å². The van der Waals surface area contributed by atoms with E-state index >= 15 is 0 Å². The molecule has 0 bridgehead atoms. The molecule has 1 aromatic rings. The quantitative estimate of drug-likeness (QED) is 0.858. The van der Waals surface area contributed by atoms with Crippen LogP contribution in [0.15, 0.2) is 12.5 Å². The van der Waals surface area contributed by atoms with Gasteiger partial charge in [-0.3, -0.25) is 4.90 Å². The van der Waals surface area contributed by atoms with Gasteiger partial charge in [0.25, 0.3) is 0 Å². The Kier molecular flexibility index (Phi) is 4.31. The summed E-state index contributed by atoms with van der Waals surface area (Å²) in [5.41, 5.74) is 0.183. The van der Waals surface area contributed by atoms with Gasteiger partial charge in [-0.05, 0) is 19.5 Å². The Morgan fingerprint density at radius 1 is 1.53 bits per heavy atom. The molecule has 6 heteroatoms. The van der Waals surface area contributed by atoms with Gasteiger partial charge in [0.1, 0.15) is 17.7 Å². The Morgan fingerprint density at radius 3 is 2.89 bits per heavy atom. The number of carbonyl (C=O) groups is 1. The predicted molar refractivity (Wildman–Crippen MR) is 72.5 cm³/mol. The van der Waals surface area contributed by atoms with Crippen molar-refractivity contribution in [3.8, 4) is 0 Å². The molecule has 0 amide bonds. The van der Waals surface area contributed by atoms with Crippen LogP contribution >= 0.6 is 0 Å². The zero-order valence-electron chi connectivity index (χ0n) is 11.4. The molecule has 1 aliphatic heterocycles. The molecule has 1 aromatic heterocycles. The predicted octanol–water partition coefficient (Wildman–Crippen LogP) is 1.10. The third-order valence-electron chi connectivity index (χ3n) is 3.71. The molecule has 6 nitrogen and oxygen atoms in total. The Bertz CT molecular complexity index is 448. The lowest BCUT2D eigenvalue weighted by Crippen LogP contribution is -2.37. The SMILES string of the molecule is CCN(CC)[C@@H]1CCN(c2ncncc2C(=O)O)C1. The monoisotopic (exact) mass is 264 g/mol. The minimum atomic E-state index is -0.970. The number of anilines is 1.